The van der Waals surface area contributed by atoms with Gasteiger partial charge in [-0.25, -0.2) is 0 Å². The van der Waals surface area contributed by atoms with Crippen LogP contribution in [0.1, 0.15) is 21.5 Å². The van der Waals surface area contributed by atoms with Crippen LogP contribution in [0.15, 0.2) is 84.9 Å². The molecule has 8 nitrogen and oxygen atoms in total. The molecule has 0 saturated heterocycles. The number of phenols is 1. The quantitative estimate of drug-likeness (QED) is 0.237. The molecule has 0 radical (unpaired) electrons. The molecule has 0 aliphatic carbocycles. The number of amides is 2. The highest BCUT2D eigenvalue weighted by molar-refractivity contribution is 6.32. The molecule has 0 atom stereocenters. The summed E-state index contributed by atoms with van der Waals surface area (Å²) in [6, 6.07) is 25.2. The number of fused-ring (bicyclic) bond motifs is 1. The van der Waals surface area contributed by atoms with Crippen molar-refractivity contribution in [2.24, 2.45) is 11.5 Å². The van der Waals surface area contributed by atoms with Gasteiger partial charge in [0.05, 0.1) is 5.02 Å². The third-order valence-electron chi connectivity index (χ3n) is 5.62. The van der Waals surface area contributed by atoms with E-state index < -0.39 is 5.91 Å². The molecule has 4 aromatic carbocycles. The van der Waals surface area contributed by atoms with E-state index in [0.29, 0.717) is 25.4 Å². The summed E-state index contributed by atoms with van der Waals surface area (Å²) in [6.45, 7) is 1.33. The van der Waals surface area contributed by atoms with Crippen LogP contribution in [0.2, 0.25) is 5.02 Å². The average Bonchev–Trinajstić information content (AvgIpc) is 2.93. The van der Waals surface area contributed by atoms with Crippen LogP contribution in [0.5, 0.6) is 11.5 Å². The Morgan fingerprint density at radius 2 is 1.66 bits per heavy atom. The zero-order chi connectivity index (χ0) is 27.5. The van der Waals surface area contributed by atoms with Crippen molar-refractivity contribution in [1.82, 2.24) is 4.90 Å². The Labute approximate surface area is 225 Å². The molecule has 0 fully saturated rings. The second-order valence-electron chi connectivity index (χ2n) is 8.25. The highest BCUT2D eigenvalue weighted by Gasteiger charge is 2.15. The molecule has 9 heteroatoms. The van der Waals surface area contributed by atoms with Crippen LogP contribution < -0.4 is 16.2 Å². The van der Waals surface area contributed by atoms with Gasteiger partial charge in [0.15, 0.2) is 6.61 Å². The number of carbonyl (C=O) groups is 2. The van der Waals surface area contributed by atoms with Gasteiger partial charge in [-0.05, 0) is 41.3 Å². The predicted molar refractivity (Wildman–Crippen MR) is 150 cm³/mol. The zero-order valence-electron chi connectivity index (χ0n) is 20.6. The lowest BCUT2D eigenvalue weighted by molar-refractivity contribution is -0.133. The number of hydrogen-bond donors (Lipinski definition) is 4. The topological polar surface area (TPSA) is 143 Å². The summed E-state index contributed by atoms with van der Waals surface area (Å²) in [5.74, 6) is -0.0926. The number of phenolic OH excluding ortho intramolecular Hbond substituents is 1. The van der Waals surface area contributed by atoms with E-state index in [1.54, 1.807) is 11.0 Å². The first-order valence-corrected chi connectivity index (χ1v) is 12.2. The number of ether oxygens (including phenoxy) is 1. The third kappa shape index (κ3) is 7.55. The van der Waals surface area contributed by atoms with Crippen LogP contribution >= 0.6 is 11.6 Å². The minimum Gasteiger partial charge on any atom is -0.506 e. The molecule has 4 aromatic rings. The highest BCUT2D eigenvalue weighted by atomic mass is 35.5. The number of primary amides is 1. The van der Waals surface area contributed by atoms with Gasteiger partial charge in [0.25, 0.3) is 5.91 Å². The summed E-state index contributed by atoms with van der Waals surface area (Å²) in [5.41, 5.74) is 12.8. The molecular formula is C29H29ClN4O4. The first kappa shape index (κ1) is 28.2. The largest absolute Gasteiger partial charge is 0.506 e. The molecule has 6 N–H and O–H groups in total. The number of rotatable bonds is 9. The van der Waals surface area contributed by atoms with Gasteiger partial charge < -0.3 is 31.6 Å². The van der Waals surface area contributed by atoms with Crippen molar-refractivity contribution < 1.29 is 19.4 Å². The molecule has 196 valence electrons. The van der Waals surface area contributed by atoms with Crippen molar-refractivity contribution in [3.8, 4) is 11.5 Å². The number of nitrogens with two attached hydrogens (primary N) is 2. The second-order valence-corrected chi connectivity index (χ2v) is 8.66. The fourth-order valence-corrected chi connectivity index (χ4v) is 3.87. The molecule has 0 unspecified atom stereocenters. The summed E-state index contributed by atoms with van der Waals surface area (Å²) in [4.78, 5) is 24.9. The lowest BCUT2D eigenvalue weighted by Crippen LogP contribution is -2.38. The van der Waals surface area contributed by atoms with Crippen molar-refractivity contribution >= 4 is 40.4 Å². The minimum absolute atomic E-state index is 0.0548. The summed E-state index contributed by atoms with van der Waals surface area (Å²) >= 11 is 5.50. The number of carbonyl (C=O) groups excluding carboxylic acids is 2. The van der Waals surface area contributed by atoms with Crippen LogP contribution in [0.25, 0.3) is 10.8 Å². The lowest BCUT2D eigenvalue weighted by Gasteiger charge is -2.22. The van der Waals surface area contributed by atoms with Crippen LogP contribution in [0.3, 0.4) is 0 Å². The van der Waals surface area contributed by atoms with Gasteiger partial charge >= 0.3 is 0 Å². The molecule has 2 amide bonds. The van der Waals surface area contributed by atoms with E-state index in [0.717, 1.165) is 21.9 Å². The first-order chi connectivity index (χ1) is 18.3. The number of halogens is 1. The Morgan fingerprint density at radius 1 is 0.974 bits per heavy atom. The Morgan fingerprint density at radius 3 is 2.29 bits per heavy atom. The molecule has 4 rings (SSSR count). The Hall–Kier alpha value is -4.40. The predicted octanol–water partition coefficient (Wildman–Crippen LogP) is 4.35. The van der Waals surface area contributed by atoms with Gasteiger partial charge in [0, 0.05) is 42.4 Å². The van der Waals surface area contributed by atoms with Crippen LogP contribution in [-0.2, 0) is 11.3 Å². The maximum Gasteiger partial charge on any atom is 0.260 e. The Balaban J connectivity index is 0.000000304. The smallest absolute Gasteiger partial charge is 0.260 e. The van der Waals surface area contributed by atoms with Gasteiger partial charge in [-0.3, -0.25) is 9.59 Å². The van der Waals surface area contributed by atoms with Crippen molar-refractivity contribution in [2.45, 2.75) is 6.54 Å². The highest BCUT2D eigenvalue weighted by Crippen LogP contribution is 2.28. The molecule has 0 saturated carbocycles. The maximum absolute atomic E-state index is 12.7. The molecule has 0 aliphatic rings. The van der Waals surface area contributed by atoms with Crippen molar-refractivity contribution in [3.63, 3.8) is 0 Å². The van der Waals surface area contributed by atoms with Crippen molar-refractivity contribution in [1.29, 1.82) is 5.41 Å². The SMILES string of the molecule is N=Cc1ccc(OCC(=O)N(CCN)Cc2ccccc2)c2ccccc12.NC(=O)c1ccc(O)c(Cl)c1. The third-order valence-corrected chi connectivity index (χ3v) is 5.93. The van der Waals surface area contributed by atoms with Gasteiger partial charge in [0.1, 0.15) is 11.5 Å². The van der Waals surface area contributed by atoms with Gasteiger partial charge in [-0.15, -0.1) is 0 Å². The number of hydrogen-bond acceptors (Lipinski definition) is 6. The second kappa shape index (κ2) is 13.8. The van der Waals surface area contributed by atoms with Gasteiger partial charge in [-0.1, -0.05) is 66.2 Å². The molecule has 0 heterocycles. The fraction of sp³-hybridized carbons (Fsp3) is 0.138. The number of nitrogens with zero attached hydrogens (tertiary/aromatic N) is 1. The summed E-state index contributed by atoms with van der Waals surface area (Å²) < 4.78 is 5.84. The first-order valence-electron chi connectivity index (χ1n) is 11.8. The Kier molecular flexibility index (Phi) is 10.2. The van der Waals surface area contributed by atoms with Crippen LogP contribution in [-0.4, -0.2) is 47.7 Å². The van der Waals surface area contributed by atoms with E-state index in [1.807, 2.05) is 60.7 Å². The molecule has 0 spiro atoms. The maximum atomic E-state index is 12.7. The zero-order valence-corrected chi connectivity index (χ0v) is 21.4. The van der Waals surface area contributed by atoms with Crippen molar-refractivity contribution in [3.05, 3.63) is 107 Å². The van der Waals surface area contributed by atoms with Crippen LogP contribution in [0.4, 0.5) is 0 Å². The molecule has 0 bridgehead atoms. The molecule has 0 aliphatic heterocycles. The molecule has 38 heavy (non-hydrogen) atoms. The standard InChI is InChI=1S/C22H23N3O2.C7H6ClNO2/c23-12-13-25(15-17-6-2-1-3-7-17)22(26)16-27-21-11-10-18(14-24)19-8-4-5-9-20(19)21;8-5-3-4(7(9)11)1-2-6(5)10/h1-11,14,24H,12-13,15-16,23H2;1-3,10H,(H2,9,11). The minimum atomic E-state index is -0.563. The monoisotopic (exact) mass is 532 g/mol. The van der Waals surface area contributed by atoms with E-state index in [4.69, 9.17) is 38.3 Å². The molecular weight excluding hydrogens is 504 g/mol. The molecule has 0 aromatic heterocycles. The number of nitrogens with one attached hydrogen (secondary N) is 1. The van der Waals surface area contributed by atoms with E-state index in [1.165, 1.54) is 24.4 Å². The van der Waals surface area contributed by atoms with Gasteiger partial charge in [-0.2, -0.15) is 0 Å². The summed E-state index contributed by atoms with van der Waals surface area (Å²) in [6.07, 6.45) is 1.32. The van der Waals surface area contributed by atoms with E-state index in [-0.39, 0.29) is 28.8 Å². The fourth-order valence-electron chi connectivity index (χ4n) is 3.69. The normalized spacial score (nSPS) is 10.3. The summed E-state index contributed by atoms with van der Waals surface area (Å²) in [7, 11) is 0. The lowest BCUT2D eigenvalue weighted by atomic mass is 10.0. The van der Waals surface area contributed by atoms with E-state index in [2.05, 4.69) is 0 Å². The summed E-state index contributed by atoms with van der Waals surface area (Å²) in [5, 5.41) is 18.4. The van der Waals surface area contributed by atoms with E-state index >= 15 is 0 Å². The van der Waals surface area contributed by atoms with Gasteiger partial charge in [0.2, 0.25) is 5.91 Å². The van der Waals surface area contributed by atoms with Crippen LogP contribution in [0, 0.1) is 5.41 Å². The van der Waals surface area contributed by atoms with E-state index in [9.17, 15) is 9.59 Å². The van der Waals surface area contributed by atoms with Crippen molar-refractivity contribution in [2.75, 3.05) is 19.7 Å². The average molecular weight is 533 g/mol. The Bertz CT molecular complexity index is 1410. The number of benzene rings is 4. The number of aromatic hydroxyl groups is 1.